The summed E-state index contributed by atoms with van der Waals surface area (Å²) < 4.78 is 8.95. The first-order chi connectivity index (χ1) is 7.61. The van der Waals surface area contributed by atoms with Crippen LogP contribution in [-0.4, -0.2) is 29.4 Å². The summed E-state index contributed by atoms with van der Waals surface area (Å²) in [5, 5.41) is 11.1. The highest BCUT2D eigenvalue weighted by Crippen LogP contribution is 2.06. The molecule has 0 radical (unpaired) electrons. The molecule has 0 aliphatic carbocycles. The molecule has 0 aromatic rings. The van der Waals surface area contributed by atoms with Crippen molar-refractivity contribution in [3.63, 3.8) is 0 Å². The maximum absolute atomic E-state index is 11.2. The van der Waals surface area contributed by atoms with Crippen LogP contribution in [0.15, 0.2) is 0 Å². The lowest BCUT2D eigenvalue weighted by molar-refractivity contribution is -0.432. The molecule has 0 spiro atoms. The molecule has 0 saturated heterocycles. The van der Waals surface area contributed by atoms with Crippen molar-refractivity contribution >= 4 is 23.8 Å². The van der Waals surface area contributed by atoms with E-state index in [1.807, 2.05) is 0 Å². The number of ketones is 1. The van der Waals surface area contributed by atoms with E-state index in [1.54, 1.807) is 13.8 Å². The molecule has 94 valence electrons. The average Bonchev–Trinajstić information content (AvgIpc) is 2.30. The summed E-state index contributed by atoms with van der Waals surface area (Å²) in [5.74, 6) is -0.308. The fourth-order valence-corrected chi connectivity index (χ4v) is 1.27. The number of rotatable bonds is 9. The summed E-state index contributed by atoms with van der Waals surface area (Å²) in [4.78, 5) is 22.3. The van der Waals surface area contributed by atoms with Crippen LogP contribution in [0.25, 0.3) is 0 Å². The SMILES string of the molecule is CCC(=O)C(C)COC(=O)CCSOOO. The molecule has 6 nitrogen and oxygen atoms in total. The first kappa shape index (κ1) is 15.4. The van der Waals surface area contributed by atoms with E-state index in [4.69, 9.17) is 9.99 Å². The lowest BCUT2D eigenvalue weighted by Crippen LogP contribution is -2.19. The van der Waals surface area contributed by atoms with Crippen molar-refractivity contribution in [2.45, 2.75) is 26.7 Å². The molecule has 0 aliphatic rings. The van der Waals surface area contributed by atoms with Crippen LogP contribution in [0.1, 0.15) is 26.7 Å². The Kier molecular flexibility index (Phi) is 9.21. The van der Waals surface area contributed by atoms with E-state index in [-0.39, 0.29) is 24.7 Å². The maximum atomic E-state index is 11.2. The molecule has 1 N–H and O–H groups in total. The zero-order chi connectivity index (χ0) is 12.4. The Labute approximate surface area is 98.3 Å². The Bertz CT molecular complexity index is 220. The smallest absolute Gasteiger partial charge is 0.306 e. The molecule has 0 rings (SSSR count). The van der Waals surface area contributed by atoms with Gasteiger partial charge in [-0.2, -0.15) is 0 Å². The molecule has 7 heteroatoms. The molecule has 0 bridgehead atoms. The van der Waals surface area contributed by atoms with Crippen molar-refractivity contribution in [1.82, 2.24) is 0 Å². The third-order valence-electron chi connectivity index (χ3n) is 1.86. The highest BCUT2D eigenvalue weighted by atomic mass is 32.2. The molecular formula is C9H16O6S. The van der Waals surface area contributed by atoms with Crippen molar-refractivity contribution in [2.75, 3.05) is 12.4 Å². The molecule has 0 aromatic heterocycles. The van der Waals surface area contributed by atoms with Gasteiger partial charge in [0.1, 0.15) is 12.4 Å². The second-order valence-corrected chi connectivity index (χ2v) is 3.90. The van der Waals surface area contributed by atoms with E-state index in [0.717, 1.165) is 12.0 Å². The third-order valence-corrected chi connectivity index (χ3v) is 2.39. The fourth-order valence-electron chi connectivity index (χ4n) is 0.912. The van der Waals surface area contributed by atoms with Crippen molar-refractivity contribution < 1.29 is 29.0 Å². The molecule has 1 atom stereocenters. The van der Waals surface area contributed by atoms with Crippen LogP contribution in [-0.2, 0) is 23.7 Å². The van der Waals surface area contributed by atoms with Crippen molar-refractivity contribution in [2.24, 2.45) is 5.92 Å². The van der Waals surface area contributed by atoms with Gasteiger partial charge in [0.2, 0.25) is 0 Å². The van der Waals surface area contributed by atoms with E-state index in [0.29, 0.717) is 12.2 Å². The van der Waals surface area contributed by atoms with Crippen molar-refractivity contribution in [3.8, 4) is 0 Å². The van der Waals surface area contributed by atoms with E-state index in [2.05, 4.69) is 9.37 Å². The monoisotopic (exact) mass is 252 g/mol. The van der Waals surface area contributed by atoms with E-state index < -0.39 is 5.97 Å². The Balaban J connectivity index is 3.53. The van der Waals surface area contributed by atoms with Crippen LogP contribution in [0.4, 0.5) is 0 Å². The number of hydrogen-bond donors (Lipinski definition) is 1. The van der Waals surface area contributed by atoms with Crippen LogP contribution in [0.5, 0.6) is 0 Å². The van der Waals surface area contributed by atoms with Gasteiger partial charge < -0.3 is 4.74 Å². The third kappa shape index (κ3) is 7.63. The molecule has 16 heavy (non-hydrogen) atoms. The molecule has 1 unspecified atom stereocenters. The molecular weight excluding hydrogens is 236 g/mol. The lowest BCUT2D eigenvalue weighted by atomic mass is 10.1. The molecule has 0 aliphatic heterocycles. The Morgan fingerprint density at radius 2 is 2.12 bits per heavy atom. The number of esters is 1. The second-order valence-electron chi connectivity index (χ2n) is 3.12. The van der Waals surface area contributed by atoms with Gasteiger partial charge in [0.25, 0.3) is 0 Å². The van der Waals surface area contributed by atoms with Gasteiger partial charge in [-0.05, 0) is 0 Å². The lowest BCUT2D eigenvalue weighted by Gasteiger charge is -2.09. The van der Waals surface area contributed by atoms with Gasteiger partial charge in [0, 0.05) is 30.1 Å². The summed E-state index contributed by atoms with van der Waals surface area (Å²) >= 11 is 0.787. The number of ether oxygens (including phenoxy) is 1. The summed E-state index contributed by atoms with van der Waals surface area (Å²) in [6.45, 7) is 3.59. The van der Waals surface area contributed by atoms with Gasteiger partial charge in [-0.15, -0.1) is 4.33 Å². The van der Waals surface area contributed by atoms with Crippen molar-refractivity contribution in [3.05, 3.63) is 0 Å². The zero-order valence-electron chi connectivity index (χ0n) is 9.30. The van der Waals surface area contributed by atoms with Gasteiger partial charge in [0.15, 0.2) is 0 Å². The summed E-state index contributed by atoms with van der Waals surface area (Å²) in [6, 6.07) is 0. The number of Topliss-reactive ketones (excluding diaryl/α,β-unsaturated/α-hetero) is 1. The van der Waals surface area contributed by atoms with E-state index >= 15 is 0 Å². The highest BCUT2D eigenvalue weighted by Gasteiger charge is 2.13. The second kappa shape index (κ2) is 9.59. The first-order valence-corrected chi connectivity index (χ1v) is 5.80. The average molecular weight is 252 g/mol. The van der Waals surface area contributed by atoms with Crippen LogP contribution < -0.4 is 0 Å². The first-order valence-electron chi connectivity index (χ1n) is 4.89. The maximum Gasteiger partial charge on any atom is 0.306 e. The molecule has 0 amide bonds. The summed E-state index contributed by atoms with van der Waals surface area (Å²) in [6.07, 6.45) is 0.567. The van der Waals surface area contributed by atoms with Crippen LogP contribution in [0.3, 0.4) is 0 Å². The number of carbonyl (C=O) groups excluding carboxylic acids is 2. The largest absolute Gasteiger partial charge is 0.465 e. The van der Waals surface area contributed by atoms with Gasteiger partial charge in [-0.3, -0.25) is 9.59 Å². The fraction of sp³-hybridized carbons (Fsp3) is 0.778. The summed E-state index contributed by atoms with van der Waals surface area (Å²) in [7, 11) is 0. The minimum absolute atomic E-state index is 0.0687. The molecule has 0 saturated carbocycles. The van der Waals surface area contributed by atoms with Gasteiger partial charge in [0.05, 0.1) is 6.42 Å². The van der Waals surface area contributed by atoms with Crippen LogP contribution >= 0.6 is 12.0 Å². The number of carbonyl (C=O) groups is 2. The van der Waals surface area contributed by atoms with Gasteiger partial charge in [-0.1, -0.05) is 18.9 Å². The Morgan fingerprint density at radius 1 is 1.44 bits per heavy atom. The quantitative estimate of drug-likeness (QED) is 0.219. The minimum atomic E-state index is -0.412. The Hall–Kier alpha value is -0.630. The zero-order valence-corrected chi connectivity index (χ0v) is 10.1. The normalized spacial score (nSPS) is 12.2. The molecule has 0 heterocycles. The predicted molar refractivity (Wildman–Crippen MR) is 57.3 cm³/mol. The van der Waals surface area contributed by atoms with Gasteiger partial charge in [-0.25, -0.2) is 5.26 Å². The predicted octanol–water partition coefficient (Wildman–Crippen LogP) is 1.60. The highest BCUT2D eigenvalue weighted by molar-refractivity contribution is 7.94. The van der Waals surface area contributed by atoms with Gasteiger partial charge >= 0.3 is 5.97 Å². The molecule has 0 fully saturated rings. The van der Waals surface area contributed by atoms with Crippen LogP contribution in [0, 0.1) is 5.92 Å². The molecule has 0 aromatic carbocycles. The van der Waals surface area contributed by atoms with E-state index in [9.17, 15) is 9.59 Å². The minimum Gasteiger partial charge on any atom is -0.465 e. The van der Waals surface area contributed by atoms with Crippen molar-refractivity contribution in [1.29, 1.82) is 0 Å². The number of hydrogen-bond acceptors (Lipinski definition) is 7. The van der Waals surface area contributed by atoms with Crippen LogP contribution in [0.2, 0.25) is 0 Å². The van der Waals surface area contributed by atoms with E-state index in [1.165, 1.54) is 0 Å². The summed E-state index contributed by atoms with van der Waals surface area (Å²) in [5.41, 5.74) is 0. The topological polar surface area (TPSA) is 82.1 Å². The standard InChI is InChI=1S/C9H16O6S/c1-3-8(10)7(2)6-13-9(11)4-5-16-15-14-12/h7,12H,3-6H2,1-2H3. The Morgan fingerprint density at radius 3 is 2.69 bits per heavy atom.